The van der Waals surface area contributed by atoms with Gasteiger partial charge in [0.2, 0.25) is 0 Å². The fraction of sp³-hybridized carbons (Fsp3) is 0.571. The molecule has 0 spiro atoms. The average molecular weight is 155 g/mol. The number of ether oxygens (including phenoxy) is 1. The molecule has 1 heterocycles. The van der Waals surface area contributed by atoms with Crippen LogP contribution in [-0.2, 0) is 4.74 Å². The SMILES string of the molecule is COCCC(O)c1[c]n[nH]c1. The van der Waals surface area contributed by atoms with Crippen LogP contribution >= 0.6 is 0 Å². The number of hydrogen-bond acceptors (Lipinski definition) is 3. The summed E-state index contributed by atoms with van der Waals surface area (Å²) in [4.78, 5) is 0. The molecule has 0 fully saturated rings. The number of nitrogens with one attached hydrogen (secondary N) is 1. The Morgan fingerprint density at radius 2 is 2.73 bits per heavy atom. The second kappa shape index (κ2) is 4.10. The molecular formula is C7H11N2O2. The minimum absolute atomic E-state index is 0.520. The van der Waals surface area contributed by atoms with Gasteiger partial charge in [-0.3, -0.25) is 5.10 Å². The Kier molecular flexibility index (Phi) is 3.07. The normalized spacial score (nSPS) is 13.3. The maximum Gasteiger partial charge on any atom is 0.118 e. The van der Waals surface area contributed by atoms with Crippen molar-refractivity contribution in [2.75, 3.05) is 13.7 Å². The van der Waals surface area contributed by atoms with Gasteiger partial charge in [-0.25, -0.2) is 0 Å². The van der Waals surface area contributed by atoms with Crippen LogP contribution in [-0.4, -0.2) is 29.0 Å². The Bertz CT molecular complexity index is 186. The number of H-pyrrole nitrogens is 1. The first-order valence-electron chi connectivity index (χ1n) is 3.43. The van der Waals surface area contributed by atoms with Crippen LogP contribution in [0, 0.1) is 6.20 Å². The summed E-state index contributed by atoms with van der Waals surface area (Å²) >= 11 is 0. The lowest BCUT2D eigenvalue weighted by Crippen LogP contribution is -2.00. The number of aliphatic hydroxyl groups excluding tert-OH is 1. The number of rotatable bonds is 4. The molecule has 4 heteroatoms. The third-order valence-corrected chi connectivity index (χ3v) is 1.42. The Morgan fingerprint density at radius 3 is 3.27 bits per heavy atom. The molecule has 1 rings (SSSR count). The molecule has 2 N–H and O–H groups in total. The first-order chi connectivity index (χ1) is 5.34. The highest BCUT2D eigenvalue weighted by atomic mass is 16.5. The number of nitrogens with zero attached hydrogens (tertiary/aromatic N) is 1. The van der Waals surface area contributed by atoms with Gasteiger partial charge in [0.05, 0.1) is 6.10 Å². The lowest BCUT2D eigenvalue weighted by atomic mass is 10.1. The van der Waals surface area contributed by atoms with E-state index in [-0.39, 0.29) is 0 Å². The van der Waals surface area contributed by atoms with Gasteiger partial charge in [-0.15, -0.1) is 0 Å². The Labute approximate surface area is 65.2 Å². The Morgan fingerprint density at radius 1 is 1.91 bits per heavy atom. The summed E-state index contributed by atoms with van der Waals surface area (Å²) in [6.45, 7) is 0.542. The largest absolute Gasteiger partial charge is 0.388 e. The van der Waals surface area contributed by atoms with Gasteiger partial charge in [0.1, 0.15) is 6.20 Å². The topological polar surface area (TPSA) is 58.1 Å². The summed E-state index contributed by atoms with van der Waals surface area (Å²) in [5.41, 5.74) is 0.682. The molecule has 11 heavy (non-hydrogen) atoms. The number of aromatic nitrogens is 2. The van der Waals surface area contributed by atoms with Gasteiger partial charge in [0.25, 0.3) is 0 Å². The number of aromatic amines is 1. The lowest BCUT2D eigenvalue weighted by molar-refractivity contribution is 0.110. The molecule has 0 aliphatic rings. The molecule has 1 atom stereocenters. The summed E-state index contributed by atoms with van der Waals surface area (Å²) in [5.74, 6) is 0. The molecule has 1 unspecified atom stereocenters. The van der Waals surface area contributed by atoms with Gasteiger partial charge in [-0.05, 0) is 0 Å². The third kappa shape index (κ3) is 2.32. The van der Waals surface area contributed by atoms with E-state index in [2.05, 4.69) is 16.4 Å². The molecule has 0 aromatic carbocycles. The molecular weight excluding hydrogens is 144 g/mol. The lowest BCUT2D eigenvalue weighted by Gasteiger charge is -2.05. The van der Waals surface area contributed by atoms with E-state index in [1.165, 1.54) is 0 Å². The smallest absolute Gasteiger partial charge is 0.118 e. The van der Waals surface area contributed by atoms with Crippen molar-refractivity contribution in [1.29, 1.82) is 0 Å². The highest BCUT2D eigenvalue weighted by molar-refractivity contribution is 5.04. The van der Waals surface area contributed by atoms with E-state index in [9.17, 15) is 5.11 Å². The van der Waals surface area contributed by atoms with Gasteiger partial charge < -0.3 is 9.84 Å². The second-order valence-electron chi connectivity index (χ2n) is 2.25. The van der Waals surface area contributed by atoms with Gasteiger partial charge >= 0.3 is 0 Å². The number of methoxy groups -OCH3 is 1. The molecule has 0 saturated carbocycles. The summed E-state index contributed by atoms with van der Waals surface area (Å²) in [7, 11) is 1.60. The zero-order valence-electron chi connectivity index (χ0n) is 6.37. The van der Waals surface area contributed by atoms with E-state index in [1.54, 1.807) is 13.3 Å². The van der Waals surface area contributed by atoms with Crippen LogP contribution in [0.25, 0.3) is 0 Å². The second-order valence-corrected chi connectivity index (χ2v) is 2.25. The van der Waals surface area contributed by atoms with Crippen molar-refractivity contribution in [1.82, 2.24) is 10.2 Å². The first-order valence-corrected chi connectivity index (χ1v) is 3.43. The van der Waals surface area contributed by atoms with Gasteiger partial charge in [0, 0.05) is 31.9 Å². The van der Waals surface area contributed by atoms with Crippen LogP contribution in [0.3, 0.4) is 0 Å². The standard InChI is InChI=1S/C7H11N2O2/c1-11-3-2-7(10)6-4-8-9-5-6/h4,7,10H,2-3H2,1H3,(H,8,9). The van der Waals surface area contributed by atoms with E-state index in [0.29, 0.717) is 18.6 Å². The van der Waals surface area contributed by atoms with Crippen molar-refractivity contribution < 1.29 is 9.84 Å². The van der Waals surface area contributed by atoms with Crippen LogP contribution in [0.2, 0.25) is 0 Å². The van der Waals surface area contributed by atoms with E-state index in [4.69, 9.17) is 4.74 Å². The third-order valence-electron chi connectivity index (χ3n) is 1.42. The van der Waals surface area contributed by atoms with Crippen LogP contribution in [0.5, 0.6) is 0 Å². The van der Waals surface area contributed by atoms with Crippen molar-refractivity contribution in [3.63, 3.8) is 0 Å². The van der Waals surface area contributed by atoms with Gasteiger partial charge in [-0.2, -0.15) is 5.10 Å². The molecule has 0 aliphatic heterocycles. The monoisotopic (exact) mass is 155 g/mol. The maximum atomic E-state index is 9.37. The van der Waals surface area contributed by atoms with E-state index in [1.807, 2.05) is 0 Å². The molecule has 0 amide bonds. The fourth-order valence-corrected chi connectivity index (χ4v) is 0.787. The molecule has 0 bridgehead atoms. The predicted molar refractivity (Wildman–Crippen MR) is 38.9 cm³/mol. The number of aliphatic hydroxyl groups is 1. The summed E-state index contributed by atoms with van der Waals surface area (Å²) in [5, 5.41) is 15.6. The van der Waals surface area contributed by atoms with Gasteiger partial charge in [-0.1, -0.05) is 0 Å². The quantitative estimate of drug-likeness (QED) is 0.656. The van der Waals surface area contributed by atoms with Crippen molar-refractivity contribution >= 4 is 0 Å². The average Bonchev–Trinajstić information content (AvgIpc) is 2.52. The predicted octanol–water partition coefficient (Wildman–Crippen LogP) is 0.280. The van der Waals surface area contributed by atoms with Crippen LogP contribution < -0.4 is 0 Å². The van der Waals surface area contributed by atoms with Crippen LogP contribution in [0.4, 0.5) is 0 Å². The minimum Gasteiger partial charge on any atom is -0.388 e. The van der Waals surface area contributed by atoms with Crippen LogP contribution in [0.15, 0.2) is 6.20 Å². The molecule has 0 saturated heterocycles. The zero-order chi connectivity index (χ0) is 8.10. The Hall–Kier alpha value is -0.870. The molecule has 1 aromatic heterocycles. The molecule has 1 aromatic rings. The van der Waals surface area contributed by atoms with Crippen molar-refractivity contribution in [3.05, 3.63) is 18.0 Å². The highest BCUT2D eigenvalue weighted by Crippen LogP contribution is 2.12. The molecule has 4 nitrogen and oxygen atoms in total. The molecule has 1 radical (unpaired) electrons. The zero-order valence-corrected chi connectivity index (χ0v) is 6.37. The summed E-state index contributed by atoms with van der Waals surface area (Å²) in [6, 6.07) is 0. The number of hydrogen-bond donors (Lipinski definition) is 2. The van der Waals surface area contributed by atoms with Crippen molar-refractivity contribution in [2.24, 2.45) is 0 Å². The fourth-order valence-electron chi connectivity index (χ4n) is 0.787. The molecule has 0 aliphatic carbocycles. The van der Waals surface area contributed by atoms with Crippen LogP contribution in [0.1, 0.15) is 18.1 Å². The highest BCUT2D eigenvalue weighted by Gasteiger charge is 2.07. The van der Waals surface area contributed by atoms with Crippen molar-refractivity contribution in [2.45, 2.75) is 12.5 Å². The van der Waals surface area contributed by atoms with E-state index >= 15 is 0 Å². The maximum absolute atomic E-state index is 9.37. The van der Waals surface area contributed by atoms with Gasteiger partial charge in [0.15, 0.2) is 0 Å². The van der Waals surface area contributed by atoms with Crippen molar-refractivity contribution in [3.8, 4) is 0 Å². The summed E-state index contributed by atoms with van der Waals surface area (Å²) in [6.07, 6.45) is 4.32. The van der Waals surface area contributed by atoms with E-state index < -0.39 is 6.10 Å². The first kappa shape index (κ1) is 8.23. The summed E-state index contributed by atoms with van der Waals surface area (Å²) < 4.78 is 4.81. The van der Waals surface area contributed by atoms with E-state index in [0.717, 1.165) is 0 Å². The Balaban J connectivity index is 2.36. The molecule has 61 valence electrons. The minimum atomic E-state index is -0.520.